The Morgan fingerprint density at radius 2 is 2.19 bits per heavy atom. The van der Waals surface area contributed by atoms with Crippen LogP contribution in [0.4, 0.5) is 4.39 Å². The molecule has 1 N–H and O–H groups in total. The summed E-state index contributed by atoms with van der Waals surface area (Å²) in [5.74, 6) is -1.25. The summed E-state index contributed by atoms with van der Waals surface area (Å²) in [7, 11) is 1.34. The van der Waals surface area contributed by atoms with Crippen molar-refractivity contribution in [1.29, 1.82) is 5.26 Å². The minimum absolute atomic E-state index is 0.0127. The van der Waals surface area contributed by atoms with Crippen molar-refractivity contribution in [3.05, 3.63) is 23.5 Å². The standard InChI is InChI=1S/C12H12FNO2/c1-16-11-8(3-4-9(15)10(11)13)12(7-14)5-2-6-12/h3-4,15H,2,5-6H2,1H3. The van der Waals surface area contributed by atoms with E-state index in [9.17, 15) is 14.8 Å². The number of nitriles is 1. The average molecular weight is 221 g/mol. The van der Waals surface area contributed by atoms with Crippen LogP contribution >= 0.6 is 0 Å². The van der Waals surface area contributed by atoms with Crippen LogP contribution in [0.25, 0.3) is 0 Å². The van der Waals surface area contributed by atoms with Gasteiger partial charge in [-0.25, -0.2) is 0 Å². The molecule has 0 aliphatic heterocycles. The highest BCUT2D eigenvalue weighted by Gasteiger charge is 2.42. The summed E-state index contributed by atoms with van der Waals surface area (Å²) in [6, 6.07) is 5.06. The summed E-state index contributed by atoms with van der Waals surface area (Å²) in [4.78, 5) is 0. The number of phenolic OH excluding ortho intramolecular Hbond substituents is 1. The first-order valence-corrected chi connectivity index (χ1v) is 5.12. The molecule has 1 aromatic carbocycles. The first-order chi connectivity index (χ1) is 7.64. The molecule has 1 aliphatic rings. The summed E-state index contributed by atoms with van der Waals surface area (Å²) in [6.07, 6.45) is 2.38. The fraction of sp³-hybridized carbons (Fsp3) is 0.417. The number of rotatable bonds is 2. The Morgan fingerprint density at radius 1 is 1.50 bits per heavy atom. The fourth-order valence-electron chi connectivity index (χ4n) is 2.09. The zero-order valence-electron chi connectivity index (χ0n) is 8.96. The van der Waals surface area contributed by atoms with Crippen molar-refractivity contribution < 1.29 is 14.2 Å². The van der Waals surface area contributed by atoms with E-state index < -0.39 is 17.0 Å². The predicted octanol–water partition coefficient (Wildman–Crippen LogP) is 2.49. The highest BCUT2D eigenvalue weighted by atomic mass is 19.1. The number of aromatic hydroxyl groups is 1. The van der Waals surface area contributed by atoms with Crippen molar-refractivity contribution in [3.8, 4) is 17.6 Å². The molecule has 0 heterocycles. The molecule has 2 rings (SSSR count). The molecule has 0 spiro atoms. The highest BCUT2D eigenvalue weighted by Crippen LogP contribution is 2.48. The molecule has 0 bridgehead atoms. The smallest absolute Gasteiger partial charge is 0.206 e. The van der Waals surface area contributed by atoms with Crippen molar-refractivity contribution in [2.24, 2.45) is 0 Å². The van der Waals surface area contributed by atoms with E-state index in [-0.39, 0.29) is 5.75 Å². The molecule has 16 heavy (non-hydrogen) atoms. The van der Waals surface area contributed by atoms with Crippen LogP contribution in [0.15, 0.2) is 12.1 Å². The Labute approximate surface area is 93.1 Å². The molecular formula is C12H12FNO2. The maximum absolute atomic E-state index is 13.6. The normalized spacial score (nSPS) is 17.3. The lowest BCUT2D eigenvalue weighted by Gasteiger charge is -2.36. The third kappa shape index (κ3) is 1.32. The summed E-state index contributed by atoms with van der Waals surface area (Å²) in [5, 5.41) is 18.4. The molecule has 0 radical (unpaired) electrons. The molecule has 1 saturated carbocycles. The van der Waals surface area contributed by atoms with Gasteiger partial charge in [0.15, 0.2) is 11.5 Å². The molecular weight excluding hydrogens is 209 g/mol. The second kappa shape index (κ2) is 3.67. The number of methoxy groups -OCH3 is 1. The number of hydrogen-bond acceptors (Lipinski definition) is 3. The van der Waals surface area contributed by atoms with Crippen LogP contribution in [0.5, 0.6) is 11.5 Å². The second-order valence-corrected chi connectivity index (χ2v) is 4.03. The Balaban J connectivity index is 2.57. The lowest BCUT2D eigenvalue weighted by Crippen LogP contribution is -2.32. The summed E-state index contributed by atoms with van der Waals surface area (Å²) in [6.45, 7) is 0. The molecule has 3 nitrogen and oxygen atoms in total. The molecule has 0 aromatic heterocycles. The van der Waals surface area contributed by atoms with E-state index in [0.717, 1.165) is 6.42 Å². The van der Waals surface area contributed by atoms with E-state index in [2.05, 4.69) is 6.07 Å². The largest absolute Gasteiger partial charge is 0.505 e. The van der Waals surface area contributed by atoms with E-state index >= 15 is 0 Å². The Morgan fingerprint density at radius 3 is 2.62 bits per heavy atom. The minimum atomic E-state index is -0.790. The van der Waals surface area contributed by atoms with Crippen LogP contribution in [0.3, 0.4) is 0 Å². The topological polar surface area (TPSA) is 53.2 Å². The van der Waals surface area contributed by atoms with E-state index in [0.29, 0.717) is 18.4 Å². The molecule has 0 amide bonds. The van der Waals surface area contributed by atoms with Crippen LogP contribution < -0.4 is 4.74 Å². The van der Waals surface area contributed by atoms with Gasteiger partial charge in [0.05, 0.1) is 18.6 Å². The zero-order valence-corrected chi connectivity index (χ0v) is 8.96. The van der Waals surface area contributed by atoms with Crippen molar-refractivity contribution in [1.82, 2.24) is 0 Å². The number of halogens is 1. The van der Waals surface area contributed by atoms with E-state index in [1.54, 1.807) is 6.07 Å². The quantitative estimate of drug-likeness (QED) is 0.834. The van der Waals surface area contributed by atoms with Gasteiger partial charge in [-0.15, -0.1) is 0 Å². The van der Waals surface area contributed by atoms with E-state index in [1.165, 1.54) is 13.2 Å². The van der Waals surface area contributed by atoms with Crippen LogP contribution in [-0.4, -0.2) is 12.2 Å². The van der Waals surface area contributed by atoms with Gasteiger partial charge in [0.1, 0.15) is 0 Å². The first kappa shape index (κ1) is 10.7. The molecule has 0 unspecified atom stereocenters. The highest BCUT2D eigenvalue weighted by molar-refractivity contribution is 5.50. The predicted molar refractivity (Wildman–Crippen MR) is 55.8 cm³/mol. The first-order valence-electron chi connectivity index (χ1n) is 5.12. The third-order valence-electron chi connectivity index (χ3n) is 3.22. The fourth-order valence-corrected chi connectivity index (χ4v) is 2.09. The zero-order chi connectivity index (χ0) is 11.8. The molecule has 0 saturated heterocycles. The number of nitrogens with zero attached hydrogens (tertiary/aromatic N) is 1. The average Bonchev–Trinajstić information content (AvgIpc) is 2.23. The molecule has 0 atom stereocenters. The number of phenols is 1. The van der Waals surface area contributed by atoms with Gasteiger partial charge in [-0.2, -0.15) is 9.65 Å². The van der Waals surface area contributed by atoms with Crippen molar-refractivity contribution in [2.45, 2.75) is 24.7 Å². The SMILES string of the molecule is COc1c(C2(C#N)CCC2)ccc(O)c1F. The monoisotopic (exact) mass is 221 g/mol. The third-order valence-corrected chi connectivity index (χ3v) is 3.22. The van der Waals surface area contributed by atoms with Gasteiger partial charge in [-0.1, -0.05) is 0 Å². The van der Waals surface area contributed by atoms with Gasteiger partial charge >= 0.3 is 0 Å². The second-order valence-electron chi connectivity index (χ2n) is 4.03. The van der Waals surface area contributed by atoms with Gasteiger partial charge in [-0.05, 0) is 31.4 Å². The number of benzene rings is 1. The van der Waals surface area contributed by atoms with Crippen LogP contribution in [0.1, 0.15) is 24.8 Å². The molecule has 1 fully saturated rings. The summed E-state index contributed by atoms with van der Waals surface area (Å²) >= 11 is 0. The van der Waals surface area contributed by atoms with Gasteiger partial charge in [0, 0.05) is 5.56 Å². The Hall–Kier alpha value is -1.76. The minimum Gasteiger partial charge on any atom is -0.505 e. The van der Waals surface area contributed by atoms with Gasteiger partial charge in [0.2, 0.25) is 5.82 Å². The number of hydrogen-bond donors (Lipinski definition) is 1. The van der Waals surface area contributed by atoms with Crippen LogP contribution in [0, 0.1) is 17.1 Å². The molecule has 84 valence electrons. The lowest BCUT2D eigenvalue weighted by atomic mass is 9.65. The maximum atomic E-state index is 13.6. The van der Waals surface area contributed by atoms with Gasteiger partial charge in [0.25, 0.3) is 0 Å². The van der Waals surface area contributed by atoms with Crippen molar-refractivity contribution >= 4 is 0 Å². The van der Waals surface area contributed by atoms with E-state index in [4.69, 9.17) is 4.74 Å². The van der Waals surface area contributed by atoms with Gasteiger partial charge in [-0.3, -0.25) is 0 Å². The van der Waals surface area contributed by atoms with E-state index in [1.807, 2.05) is 0 Å². The van der Waals surface area contributed by atoms with Crippen LogP contribution in [0.2, 0.25) is 0 Å². The lowest BCUT2D eigenvalue weighted by molar-refractivity contribution is 0.296. The van der Waals surface area contributed by atoms with Crippen molar-refractivity contribution in [2.75, 3.05) is 7.11 Å². The van der Waals surface area contributed by atoms with Crippen molar-refractivity contribution in [3.63, 3.8) is 0 Å². The number of ether oxygens (including phenoxy) is 1. The Kier molecular flexibility index (Phi) is 2.47. The molecule has 4 heteroatoms. The summed E-state index contributed by atoms with van der Waals surface area (Å²) < 4.78 is 18.6. The summed E-state index contributed by atoms with van der Waals surface area (Å²) in [5.41, 5.74) is -0.0982. The Bertz CT molecular complexity index is 461. The van der Waals surface area contributed by atoms with Crippen LogP contribution in [-0.2, 0) is 5.41 Å². The maximum Gasteiger partial charge on any atom is 0.206 e. The molecule has 1 aromatic rings. The molecule has 1 aliphatic carbocycles. The van der Waals surface area contributed by atoms with Gasteiger partial charge < -0.3 is 9.84 Å².